The standard InChI is InChI=1S/C17H23NO3/c1-18-14-9-8-13(11-16(14)21-17(18)20)15(19)10-7-12-5-3-2-4-6-12/h8-9,11-12,15,19H,2-7,10H2,1H3. The van der Waals surface area contributed by atoms with E-state index in [4.69, 9.17) is 4.42 Å². The summed E-state index contributed by atoms with van der Waals surface area (Å²) in [5.74, 6) is 0.408. The van der Waals surface area contributed by atoms with Crippen molar-refractivity contribution in [1.29, 1.82) is 0 Å². The van der Waals surface area contributed by atoms with Crippen LogP contribution in [0.1, 0.15) is 56.6 Å². The van der Waals surface area contributed by atoms with Gasteiger partial charge in [0.05, 0.1) is 11.6 Å². The highest BCUT2D eigenvalue weighted by molar-refractivity contribution is 5.73. The zero-order chi connectivity index (χ0) is 14.8. The first kappa shape index (κ1) is 14.4. The Kier molecular flexibility index (Phi) is 4.15. The molecular weight excluding hydrogens is 266 g/mol. The van der Waals surface area contributed by atoms with E-state index in [0.29, 0.717) is 5.58 Å². The number of nitrogens with zero attached hydrogens (tertiary/aromatic N) is 1. The average Bonchev–Trinajstić information content (AvgIpc) is 2.80. The summed E-state index contributed by atoms with van der Waals surface area (Å²) in [6.45, 7) is 0. The summed E-state index contributed by atoms with van der Waals surface area (Å²) in [5.41, 5.74) is 2.16. The van der Waals surface area contributed by atoms with E-state index in [2.05, 4.69) is 0 Å². The fourth-order valence-corrected chi connectivity index (χ4v) is 3.39. The zero-order valence-electron chi connectivity index (χ0n) is 12.5. The summed E-state index contributed by atoms with van der Waals surface area (Å²) in [5, 5.41) is 10.4. The van der Waals surface area contributed by atoms with Crippen LogP contribution in [0.15, 0.2) is 27.4 Å². The Labute approximate surface area is 124 Å². The van der Waals surface area contributed by atoms with Crippen LogP contribution >= 0.6 is 0 Å². The molecule has 1 N–H and O–H groups in total. The number of aliphatic hydroxyl groups is 1. The third kappa shape index (κ3) is 3.05. The van der Waals surface area contributed by atoms with Crippen molar-refractivity contribution in [3.8, 4) is 0 Å². The summed E-state index contributed by atoms with van der Waals surface area (Å²) in [7, 11) is 1.69. The smallest absolute Gasteiger partial charge is 0.408 e. The Morgan fingerprint density at radius 2 is 2.10 bits per heavy atom. The van der Waals surface area contributed by atoms with Crippen LogP contribution in [0.5, 0.6) is 0 Å². The fourth-order valence-electron chi connectivity index (χ4n) is 3.39. The molecular formula is C17H23NO3. The van der Waals surface area contributed by atoms with Crippen LogP contribution in [0.2, 0.25) is 0 Å². The molecule has 0 radical (unpaired) electrons. The SMILES string of the molecule is Cn1c(=O)oc2cc(C(O)CCC3CCCCC3)ccc21. The van der Waals surface area contributed by atoms with Crippen LogP contribution in [0, 0.1) is 5.92 Å². The van der Waals surface area contributed by atoms with Crippen molar-refractivity contribution in [1.82, 2.24) is 4.57 Å². The molecule has 21 heavy (non-hydrogen) atoms. The molecule has 1 saturated carbocycles. The predicted octanol–water partition coefficient (Wildman–Crippen LogP) is 3.53. The quantitative estimate of drug-likeness (QED) is 0.936. The van der Waals surface area contributed by atoms with Gasteiger partial charge < -0.3 is 9.52 Å². The number of hydrogen-bond donors (Lipinski definition) is 1. The number of benzene rings is 1. The Hall–Kier alpha value is -1.55. The first-order valence-corrected chi connectivity index (χ1v) is 7.92. The van der Waals surface area contributed by atoms with Crippen molar-refractivity contribution in [2.75, 3.05) is 0 Å². The van der Waals surface area contributed by atoms with Crippen LogP contribution in [0.25, 0.3) is 11.1 Å². The second-order valence-corrected chi connectivity index (χ2v) is 6.25. The molecule has 0 aliphatic heterocycles. The number of fused-ring (bicyclic) bond motifs is 1. The largest absolute Gasteiger partial charge is 0.419 e. The van der Waals surface area contributed by atoms with Gasteiger partial charge in [-0.05, 0) is 36.5 Å². The summed E-state index contributed by atoms with van der Waals surface area (Å²) >= 11 is 0. The van der Waals surface area contributed by atoms with Gasteiger partial charge in [0, 0.05) is 7.05 Å². The molecule has 2 aromatic rings. The summed E-state index contributed by atoms with van der Waals surface area (Å²) in [6.07, 6.45) is 8.04. The van der Waals surface area contributed by atoms with Gasteiger partial charge >= 0.3 is 5.76 Å². The molecule has 114 valence electrons. The molecule has 0 amide bonds. The Balaban J connectivity index is 1.69. The highest BCUT2D eigenvalue weighted by atomic mass is 16.4. The number of aliphatic hydroxyl groups excluding tert-OH is 1. The van der Waals surface area contributed by atoms with Crippen LogP contribution in [0.3, 0.4) is 0 Å². The Morgan fingerprint density at radius 1 is 1.33 bits per heavy atom. The second kappa shape index (κ2) is 6.06. The number of aryl methyl sites for hydroxylation is 1. The minimum absolute atomic E-state index is 0.362. The summed E-state index contributed by atoms with van der Waals surface area (Å²) < 4.78 is 6.66. The van der Waals surface area contributed by atoms with Gasteiger partial charge in [-0.3, -0.25) is 4.57 Å². The molecule has 1 aromatic heterocycles. The molecule has 4 nitrogen and oxygen atoms in total. The van der Waals surface area contributed by atoms with Crippen molar-refractivity contribution >= 4 is 11.1 Å². The first-order valence-electron chi connectivity index (χ1n) is 7.92. The molecule has 1 aliphatic rings. The average molecular weight is 289 g/mol. The number of oxazole rings is 1. The van der Waals surface area contributed by atoms with E-state index in [0.717, 1.165) is 29.8 Å². The van der Waals surface area contributed by atoms with E-state index in [1.807, 2.05) is 12.1 Å². The molecule has 0 bridgehead atoms. The molecule has 1 heterocycles. The topological polar surface area (TPSA) is 55.4 Å². The minimum Gasteiger partial charge on any atom is -0.408 e. The van der Waals surface area contributed by atoms with Crippen LogP contribution in [0.4, 0.5) is 0 Å². The Bertz CT molecular complexity index is 664. The summed E-state index contributed by atoms with van der Waals surface area (Å²) in [4.78, 5) is 11.5. The molecule has 1 atom stereocenters. The molecule has 3 rings (SSSR count). The Morgan fingerprint density at radius 3 is 2.86 bits per heavy atom. The van der Waals surface area contributed by atoms with Crippen molar-refractivity contribution in [2.24, 2.45) is 13.0 Å². The maximum Gasteiger partial charge on any atom is 0.419 e. The molecule has 4 heteroatoms. The van der Waals surface area contributed by atoms with Crippen molar-refractivity contribution in [3.63, 3.8) is 0 Å². The lowest BCUT2D eigenvalue weighted by Gasteiger charge is -2.22. The first-order chi connectivity index (χ1) is 10.1. The molecule has 1 aliphatic carbocycles. The fraction of sp³-hybridized carbons (Fsp3) is 0.588. The van der Waals surface area contributed by atoms with Gasteiger partial charge in [0.1, 0.15) is 0 Å². The van der Waals surface area contributed by atoms with Crippen LogP contribution in [-0.2, 0) is 7.05 Å². The minimum atomic E-state index is -0.471. The number of hydrogen-bond acceptors (Lipinski definition) is 3. The van der Waals surface area contributed by atoms with Crippen LogP contribution < -0.4 is 5.76 Å². The molecule has 1 fully saturated rings. The van der Waals surface area contributed by atoms with Gasteiger partial charge in [-0.15, -0.1) is 0 Å². The lowest BCUT2D eigenvalue weighted by Crippen LogP contribution is -2.08. The van der Waals surface area contributed by atoms with Crippen LogP contribution in [-0.4, -0.2) is 9.67 Å². The molecule has 1 aromatic carbocycles. The highest BCUT2D eigenvalue weighted by Gasteiger charge is 2.17. The third-order valence-corrected chi connectivity index (χ3v) is 4.77. The van der Waals surface area contributed by atoms with E-state index in [9.17, 15) is 9.90 Å². The van der Waals surface area contributed by atoms with Gasteiger partial charge in [-0.2, -0.15) is 0 Å². The monoisotopic (exact) mass is 289 g/mol. The van der Waals surface area contributed by atoms with Gasteiger partial charge in [0.2, 0.25) is 0 Å². The highest BCUT2D eigenvalue weighted by Crippen LogP contribution is 2.31. The maximum atomic E-state index is 11.5. The van der Waals surface area contributed by atoms with Gasteiger partial charge in [-0.25, -0.2) is 4.79 Å². The number of rotatable bonds is 4. The van der Waals surface area contributed by atoms with Gasteiger partial charge in [0.15, 0.2) is 5.58 Å². The maximum absolute atomic E-state index is 11.5. The lowest BCUT2D eigenvalue weighted by molar-refractivity contribution is 0.151. The van der Waals surface area contributed by atoms with Crippen molar-refractivity contribution in [3.05, 3.63) is 34.3 Å². The van der Waals surface area contributed by atoms with Crippen molar-refractivity contribution in [2.45, 2.75) is 51.0 Å². The second-order valence-electron chi connectivity index (χ2n) is 6.25. The third-order valence-electron chi connectivity index (χ3n) is 4.77. The lowest BCUT2D eigenvalue weighted by atomic mass is 9.85. The van der Waals surface area contributed by atoms with E-state index in [1.54, 1.807) is 13.1 Å². The molecule has 1 unspecified atom stereocenters. The normalized spacial score (nSPS) is 18.2. The van der Waals surface area contributed by atoms with E-state index in [-0.39, 0.29) is 5.76 Å². The van der Waals surface area contributed by atoms with E-state index >= 15 is 0 Å². The molecule has 0 spiro atoms. The van der Waals surface area contributed by atoms with Gasteiger partial charge in [0.25, 0.3) is 0 Å². The summed E-state index contributed by atoms with van der Waals surface area (Å²) in [6, 6.07) is 5.53. The van der Waals surface area contributed by atoms with E-state index in [1.165, 1.54) is 36.7 Å². The predicted molar refractivity (Wildman–Crippen MR) is 82.2 cm³/mol. The van der Waals surface area contributed by atoms with Crippen molar-refractivity contribution < 1.29 is 9.52 Å². The molecule has 0 saturated heterocycles. The number of aromatic nitrogens is 1. The van der Waals surface area contributed by atoms with E-state index < -0.39 is 6.10 Å². The van der Waals surface area contributed by atoms with Gasteiger partial charge in [-0.1, -0.05) is 38.2 Å². The zero-order valence-corrected chi connectivity index (χ0v) is 12.5.